The van der Waals surface area contributed by atoms with Crippen molar-refractivity contribution in [1.82, 2.24) is 9.88 Å². The van der Waals surface area contributed by atoms with Crippen LogP contribution in [0.2, 0.25) is 0 Å². The summed E-state index contributed by atoms with van der Waals surface area (Å²) in [6, 6.07) is 4.00. The number of carbonyl (C=O) groups is 1. The Balaban J connectivity index is 2.03. The molecule has 2 rings (SSSR count). The molecule has 5 nitrogen and oxygen atoms in total. The lowest BCUT2D eigenvalue weighted by Gasteiger charge is -2.17. The van der Waals surface area contributed by atoms with Gasteiger partial charge >= 0.3 is 5.97 Å². The molecule has 0 aliphatic carbocycles. The van der Waals surface area contributed by atoms with E-state index in [9.17, 15) is 4.79 Å². The van der Waals surface area contributed by atoms with Crippen LogP contribution in [0.5, 0.6) is 0 Å². The van der Waals surface area contributed by atoms with Crippen LogP contribution >= 0.6 is 0 Å². The van der Waals surface area contributed by atoms with Gasteiger partial charge in [-0.05, 0) is 12.0 Å². The van der Waals surface area contributed by atoms with Crippen molar-refractivity contribution in [3.05, 3.63) is 23.9 Å². The summed E-state index contributed by atoms with van der Waals surface area (Å²) in [5.74, 6) is 1.12. The monoisotopic (exact) mass is 263 g/mol. The molecule has 1 aliphatic rings. The quantitative estimate of drug-likeness (QED) is 0.831. The van der Waals surface area contributed by atoms with E-state index < -0.39 is 0 Å². The van der Waals surface area contributed by atoms with Crippen LogP contribution in [-0.4, -0.2) is 43.1 Å². The third-order valence-electron chi connectivity index (χ3n) is 3.71. The van der Waals surface area contributed by atoms with Crippen LogP contribution in [0.25, 0.3) is 0 Å². The number of rotatable bonds is 4. The first-order valence-corrected chi connectivity index (χ1v) is 6.57. The lowest BCUT2D eigenvalue weighted by Crippen LogP contribution is -2.24. The fourth-order valence-corrected chi connectivity index (χ4v) is 2.69. The zero-order chi connectivity index (χ0) is 13.8. The molecular formula is C14H21N3O2. The molecule has 1 fully saturated rings. The van der Waals surface area contributed by atoms with Crippen molar-refractivity contribution in [1.29, 1.82) is 0 Å². The minimum atomic E-state index is -0.102. The van der Waals surface area contributed by atoms with E-state index in [1.807, 2.05) is 13.1 Å². The zero-order valence-corrected chi connectivity index (χ0v) is 11.7. The zero-order valence-electron chi connectivity index (χ0n) is 11.7. The summed E-state index contributed by atoms with van der Waals surface area (Å²) in [7, 11) is 3.33. The van der Waals surface area contributed by atoms with Crippen molar-refractivity contribution in [2.75, 3.05) is 32.6 Å². The van der Waals surface area contributed by atoms with Crippen LogP contribution in [0.4, 0.5) is 5.82 Å². The Morgan fingerprint density at radius 1 is 1.58 bits per heavy atom. The highest BCUT2D eigenvalue weighted by molar-refractivity contribution is 5.73. The lowest BCUT2D eigenvalue weighted by atomic mass is 9.99. The van der Waals surface area contributed by atoms with Crippen molar-refractivity contribution in [3.63, 3.8) is 0 Å². The largest absolute Gasteiger partial charge is 0.469 e. The predicted octanol–water partition coefficient (Wildman–Crippen LogP) is 1.36. The average Bonchev–Trinajstić information content (AvgIpc) is 2.79. The number of aromatic nitrogens is 1. The molecule has 1 saturated heterocycles. The highest BCUT2D eigenvalue weighted by Gasteiger charge is 2.35. The van der Waals surface area contributed by atoms with Gasteiger partial charge in [-0.2, -0.15) is 0 Å². The van der Waals surface area contributed by atoms with E-state index in [-0.39, 0.29) is 11.9 Å². The van der Waals surface area contributed by atoms with E-state index in [0.717, 1.165) is 31.0 Å². The van der Waals surface area contributed by atoms with Gasteiger partial charge in [-0.15, -0.1) is 0 Å². The highest BCUT2D eigenvalue weighted by Crippen LogP contribution is 2.26. The van der Waals surface area contributed by atoms with Gasteiger partial charge in [-0.3, -0.25) is 9.69 Å². The van der Waals surface area contributed by atoms with Gasteiger partial charge in [0, 0.05) is 38.4 Å². The third-order valence-corrected chi connectivity index (χ3v) is 3.71. The summed E-state index contributed by atoms with van der Waals surface area (Å²) < 4.78 is 4.86. The van der Waals surface area contributed by atoms with Crippen molar-refractivity contribution in [3.8, 4) is 0 Å². The van der Waals surface area contributed by atoms with Gasteiger partial charge in [0.1, 0.15) is 5.82 Å². The van der Waals surface area contributed by atoms with E-state index in [1.165, 1.54) is 7.11 Å². The Kier molecular flexibility index (Phi) is 4.37. The first-order valence-electron chi connectivity index (χ1n) is 6.57. The molecule has 104 valence electrons. The predicted molar refractivity (Wildman–Crippen MR) is 73.7 cm³/mol. The van der Waals surface area contributed by atoms with Crippen molar-refractivity contribution >= 4 is 11.8 Å². The number of hydrogen-bond acceptors (Lipinski definition) is 5. The summed E-state index contributed by atoms with van der Waals surface area (Å²) in [6.45, 7) is 4.58. The van der Waals surface area contributed by atoms with Gasteiger partial charge in [-0.1, -0.05) is 13.0 Å². The van der Waals surface area contributed by atoms with E-state index in [0.29, 0.717) is 5.92 Å². The van der Waals surface area contributed by atoms with Crippen LogP contribution in [0.15, 0.2) is 18.3 Å². The first kappa shape index (κ1) is 13.8. The number of esters is 1. The standard InChI is InChI=1S/C14H21N3O2/c1-10-7-17(9-12(10)14(18)19-3)8-11-5-4-6-16-13(11)15-2/h4-6,10,12H,7-9H2,1-3H3,(H,15,16). The normalized spacial score (nSPS) is 23.3. The van der Waals surface area contributed by atoms with Crippen LogP contribution in [-0.2, 0) is 16.1 Å². The topological polar surface area (TPSA) is 54.5 Å². The molecule has 1 N–H and O–H groups in total. The van der Waals surface area contributed by atoms with E-state index >= 15 is 0 Å². The fraction of sp³-hybridized carbons (Fsp3) is 0.571. The Hall–Kier alpha value is -1.62. The number of nitrogens with zero attached hydrogens (tertiary/aromatic N) is 2. The maximum absolute atomic E-state index is 11.7. The van der Waals surface area contributed by atoms with Crippen LogP contribution in [0.1, 0.15) is 12.5 Å². The molecule has 2 atom stereocenters. The minimum absolute atomic E-state index is 0.0142. The smallest absolute Gasteiger partial charge is 0.310 e. The molecule has 5 heteroatoms. The van der Waals surface area contributed by atoms with Crippen molar-refractivity contribution < 1.29 is 9.53 Å². The maximum Gasteiger partial charge on any atom is 0.310 e. The van der Waals surface area contributed by atoms with E-state index in [1.54, 1.807) is 6.20 Å². The van der Waals surface area contributed by atoms with Crippen molar-refractivity contribution in [2.45, 2.75) is 13.5 Å². The van der Waals surface area contributed by atoms with Gasteiger partial charge in [0.2, 0.25) is 0 Å². The molecule has 0 spiro atoms. The molecule has 0 bridgehead atoms. The molecule has 0 radical (unpaired) electrons. The number of carbonyl (C=O) groups excluding carboxylic acids is 1. The Labute approximate surface area is 114 Å². The van der Waals surface area contributed by atoms with Gasteiger partial charge in [0.15, 0.2) is 0 Å². The summed E-state index contributed by atoms with van der Waals surface area (Å²) >= 11 is 0. The van der Waals surface area contributed by atoms with Gasteiger partial charge in [0.05, 0.1) is 13.0 Å². The molecule has 1 aromatic rings. The number of ether oxygens (including phenoxy) is 1. The number of nitrogens with one attached hydrogen (secondary N) is 1. The molecule has 1 aliphatic heterocycles. The van der Waals surface area contributed by atoms with Crippen LogP contribution in [0.3, 0.4) is 0 Å². The fourth-order valence-electron chi connectivity index (χ4n) is 2.69. The van der Waals surface area contributed by atoms with Gasteiger partial charge in [-0.25, -0.2) is 4.98 Å². The Morgan fingerprint density at radius 2 is 2.37 bits per heavy atom. The number of anilines is 1. The second-order valence-electron chi connectivity index (χ2n) is 5.06. The molecule has 1 aromatic heterocycles. The van der Waals surface area contributed by atoms with Crippen molar-refractivity contribution in [2.24, 2.45) is 11.8 Å². The molecule has 2 unspecified atom stereocenters. The molecule has 0 aromatic carbocycles. The first-order chi connectivity index (χ1) is 9.15. The second kappa shape index (κ2) is 6.02. The molecule has 19 heavy (non-hydrogen) atoms. The number of methoxy groups -OCH3 is 1. The number of hydrogen-bond donors (Lipinski definition) is 1. The molecular weight excluding hydrogens is 242 g/mol. The Bertz CT molecular complexity index is 450. The van der Waals surface area contributed by atoms with Gasteiger partial charge in [0.25, 0.3) is 0 Å². The molecule has 0 amide bonds. The lowest BCUT2D eigenvalue weighted by molar-refractivity contribution is -0.146. The SMILES string of the molecule is CNc1ncccc1CN1CC(C)C(C(=O)OC)C1. The summed E-state index contributed by atoms with van der Waals surface area (Å²) in [6.07, 6.45) is 1.78. The number of pyridine rings is 1. The number of likely N-dealkylation sites (tertiary alicyclic amines) is 1. The summed E-state index contributed by atoms with van der Waals surface area (Å²) in [4.78, 5) is 18.3. The van der Waals surface area contributed by atoms with E-state index in [2.05, 4.69) is 28.2 Å². The summed E-state index contributed by atoms with van der Waals surface area (Å²) in [5.41, 5.74) is 1.16. The van der Waals surface area contributed by atoms with Crippen LogP contribution < -0.4 is 5.32 Å². The van der Waals surface area contributed by atoms with Crippen LogP contribution in [0, 0.1) is 11.8 Å². The van der Waals surface area contributed by atoms with E-state index in [4.69, 9.17) is 4.74 Å². The highest BCUT2D eigenvalue weighted by atomic mass is 16.5. The Morgan fingerprint density at radius 3 is 3.05 bits per heavy atom. The third kappa shape index (κ3) is 3.04. The van der Waals surface area contributed by atoms with Gasteiger partial charge < -0.3 is 10.1 Å². The molecule has 0 saturated carbocycles. The average molecular weight is 263 g/mol. The second-order valence-corrected chi connectivity index (χ2v) is 5.06. The minimum Gasteiger partial charge on any atom is -0.469 e. The molecule has 2 heterocycles. The summed E-state index contributed by atoms with van der Waals surface area (Å²) in [5, 5.41) is 3.10. The maximum atomic E-state index is 11.7.